The van der Waals surface area contributed by atoms with Crippen LogP contribution in [0.4, 0.5) is 22.7 Å². The Bertz CT molecular complexity index is 3170. The van der Waals surface area contributed by atoms with Crippen LogP contribution in [0.1, 0.15) is 139 Å². The molecule has 8 heteroatoms. The van der Waals surface area contributed by atoms with Gasteiger partial charge in [-0.1, -0.05) is 61.5 Å². The molecule has 0 aromatic heterocycles. The van der Waals surface area contributed by atoms with Crippen LogP contribution in [0.2, 0.25) is 0 Å². The van der Waals surface area contributed by atoms with E-state index in [0.717, 1.165) is 88.6 Å². The minimum atomic E-state index is -0.212. The summed E-state index contributed by atoms with van der Waals surface area (Å²) in [6, 6.07) is 18.5. The fraction of sp³-hybridized carbons (Fsp3) is 0.414. The van der Waals surface area contributed by atoms with E-state index in [0.29, 0.717) is 5.76 Å². The quantitative estimate of drug-likeness (QED) is 0.209. The smallest absolute Gasteiger partial charge is 0.171 e. The molecule has 66 heavy (non-hydrogen) atoms. The van der Waals surface area contributed by atoms with E-state index >= 15 is 0 Å². The van der Waals surface area contributed by atoms with Gasteiger partial charge in [0.15, 0.2) is 34.5 Å². The van der Waals surface area contributed by atoms with Gasteiger partial charge in [-0.15, -0.1) is 0 Å². The zero-order valence-electron chi connectivity index (χ0n) is 40.4. The molecule has 3 heterocycles. The van der Waals surface area contributed by atoms with Crippen molar-refractivity contribution in [3.8, 4) is 23.0 Å². The van der Waals surface area contributed by atoms with Crippen LogP contribution in [-0.4, -0.2) is 37.7 Å². The Balaban J connectivity index is 0.879. The maximum atomic E-state index is 6.91. The highest BCUT2D eigenvalue weighted by atomic mass is 16.6. The van der Waals surface area contributed by atoms with E-state index in [1.807, 2.05) is 0 Å². The van der Waals surface area contributed by atoms with Gasteiger partial charge in [-0.2, -0.15) is 0 Å². The number of fused-ring (bicyclic) bond motifs is 14. The zero-order chi connectivity index (χ0) is 45.8. The molecular formula is C58H60N4O4. The van der Waals surface area contributed by atoms with Crippen molar-refractivity contribution in [1.29, 1.82) is 0 Å². The van der Waals surface area contributed by atoms with Crippen molar-refractivity contribution in [2.24, 2.45) is 9.98 Å². The van der Waals surface area contributed by atoms with Gasteiger partial charge in [0, 0.05) is 16.9 Å². The predicted octanol–water partition coefficient (Wildman–Crippen LogP) is 12.9. The first-order valence-corrected chi connectivity index (χ1v) is 23.9. The molecule has 6 aliphatic carbocycles. The van der Waals surface area contributed by atoms with Gasteiger partial charge in [0.25, 0.3) is 0 Å². The molecule has 0 bridgehead atoms. The average Bonchev–Trinajstić information content (AvgIpc) is 3.80. The first kappa shape index (κ1) is 40.3. The van der Waals surface area contributed by atoms with Gasteiger partial charge in [0.2, 0.25) is 0 Å². The zero-order valence-corrected chi connectivity index (χ0v) is 40.4. The first-order valence-electron chi connectivity index (χ1n) is 23.9. The lowest BCUT2D eigenvalue weighted by atomic mass is 9.72. The Morgan fingerprint density at radius 2 is 0.894 bits per heavy atom. The molecule has 0 radical (unpaired) electrons. The van der Waals surface area contributed by atoms with Gasteiger partial charge >= 0.3 is 0 Å². The molecule has 0 saturated carbocycles. The molecule has 4 aromatic rings. The summed E-state index contributed by atoms with van der Waals surface area (Å²) in [6.45, 7) is 23.5. The normalized spacial score (nSPS) is 28.2. The number of ether oxygens (including phenoxy) is 4. The number of nitrogens with one attached hydrogen (secondary N) is 2. The minimum absolute atomic E-state index is 0.0318. The summed E-state index contributed by atoms with van der Waals surface area (Å²) >= 11 is 0. The molecule has 0 fully saturated rings. The average molecular weight is 877 g/mol. The van der Waals surface area contributed by atoms with E-state index in [1.54, 1.807) is 14.2 Å². The highest BCUT2D eigenvalue weighted by molar-refractivity contribution is 6.10. The van der Waals surface area contributed by atoms with Crippen molar-refractivity contribution in [3.63, 3.8) is 0 Å². The number of nitrogens with zero attached hydrogens (tertiary/aromatic N) is 2. The van der Waals surface area contributed by atoms with Crippen LogP contribution in [-0.2, 0) is 32.5 Å². The van der Waals surface area contributed by atoms with Crippen LogP contribution in [0.25, 0.3) is 0 Å². The molecule has 2 spiro atoms. The monoisotopic (exact) mass is 876 g/mol. The van der Waals surface area contributed by atoms with Crippen molar-refractivity contribution < 1.29 is 18.9 Å². The van der Waals surface area contributed by atoms with E-state index in [4.69, 9.17) is 28.9 Å². The Labute approximate surface area is 389 Å². The summed E-state index contributed by atoms with van der Waals surface area (Å²) in [5.74, 6) is 4.46. The van der Waals surface area contributed by atoms with Crippen LogP contribution in [0, 0.1) is 0 Å². The SMILES string of the molecule is COc1cc2c(cc1OC)C1(CC2(C)C)CC(C)(C)c2cc3c(cc21)OC1=CC2=Nc4cc5c(cc4NC2C=C1O3)C(C)(C)CC51CC(C)(C)c2cc3c(cc21)NC1C=C(C)C(C)=CC1=N3. The number of rotatable bonds is 2. The van der Waals surface area contributed by atoms with Crippen LogP contribution in [0.15, 0.2) is 105 Å². The van der Waals surface area contributed by atoms with Crippen molar-refractivity contribution >= 4 is 34.2 Å². The lowest BCUT2D eigenvalue weighted by molar-refractivity contribution is 0.291. The van der Waals surface area contributed by atoms with E-state index in [9.17, 15) is 0 Å². The lowest BCUT2D eigenvalue weighted by Gasteiger charge is -2.33. The Hall–Kier alpha value is -6.02. The summed E-state index contributed by atoms with van der Waals surface area (Å²) in [5.41, 5.74) is 19.1. The predicted molar refractivity (Wildman–Crippen MR) is 265 cm³/mol. The molecule has 9 aliphatic rings. The van der Waals surface area contributed by atoms with Crippen LogP contribution < -0.4 is 29.6 Å². The summed E-state index contributed by atoms with van der Waals surface area (Å²) in [4.78, 5) is 10.7. The standard InChI is InChI=1S/C58H60N4O4/c1-29-13-39-40(14-30(29)2)60-43-17-35-31(15-41(43)59-39)53(3,4)25-57(35)26-54(5,6)32-16-42-44(18-36(32)57)62-46-24-52-51(23-45(46)61-42)65-49-20-34-38(22-50(49)66-52)58(28-56(34,9)10)27-55(7,8)33-19-47(63-11)48(64-12)21-37(33)58/h13-24,40,45,60-61H,25-28H2,1-12H3. The third kappa shape index (κ3) is 5.22. The van der Waals surface area contributed by atoms with Crippen molar-refractivity contribution in [2.45, 2.75) is 139 Å². The Kier molecular flexibility index (Phi) is 7.62. The van der Waals surface area contributed by atoms with Crippen LogP contribution >= 0.6 is 0 Å². The molecule has 0 saturated heterocycles. The third-order valence-electron chi connectivity index (χ3n) is 17.3. The van der Waals surface area contributed by atoms with Gasteiger partial charge in [-0.05, 0) is 178 Å². The van der Waals surface area contributed by atoms with Gasteiger partial charge in [0.05, 0.1) is 60.5 Å². The summed E-state index contributed by atoms with van der Waals surface area (Å²) < 4.78 is 25.5. The highest BCUT2D eigenvalue weighted by Crippen LogP contribution is 2.67. The molecule has 0 amide bonds. The number of hydrogen-bond acceptors (Lipinski definition) is 8. The van der Waals surface area contributed by atoms with Gasteiger partial charge < -0.3 is 29.6 Å². The van der Waals surface area contributed by atoms with E-state index in [1.165, 1.54) is 55.7 Å². The van der Waals surface area contributed by atoms with Crippen LogP contribution in [0.3, 0.4) is 0 Å². The summed E-state index contributed by atoms with van der Waals surface area (Å²) in [7, 11) is 3.45. The molecule has 3 aliphatic heterocycles. The topological polar surface area (TPSA) is 85.7 Å². The van der Waals surface area contributed by atoms with Crippen molar-refractivity contribution in [2.75, 3.05) is 24.9 Å². The van der Waals surface area contributed by atoms with Crippen molar-refractivity contribution in [3.05, 3.63) is 140 Å². The second-order valence-electron chi connectivity index (χ2n) is 23.6. The third-order valence-corrected chi connectivity index (χ3v) is 17.3. The van der Waals surface area contributed by atoms with E-state index in [2.05, 4.69) is 153 Å². The fourth-order valence-corrected chi connectivity index (χ4v) is 14.5. The van der Waals surface area contributed by atoms with Gasteiger partial charge in [-0.25, -0.2) is 9.98 Å². The van der Waals surface area contributed by atoms with E-state index in [-0.39, 0.29) is 44.6 Å². The maximum absolute atomic E-state index is 6.91. The molecule has 4 atom stereocenters. The summed E-state index contributed by atoms with van der Waals surface area (Å²) in [5, 5.41) is 7.78. The molecule has 2 N–H and O–H groups in total. The molecule has 8 nitrogen and oxygen atoms in total. The number of methoxy groups -OCH3 is 2. The number of benzene rings is 4. The van der Waals surface area contributed by atoms with Crippen LogP contribution in [0.5, 0.6) is 23.0 Å². The molecular weight excluding hydrogens is 817 g/mol. The second-order valence-corrected chi connectivity index (χ2v) is 23.6. The largest absolute Gasteiger partial charge is 0.493 e. The maximum Gasteiger partial charge on any atom is 0.171 e. The van der Waals surface area contributed by atoms with Gasteiger partial charge in [0.1, 0.15) is 0 Å². The summed E-state index contributed by atoms with van der Waals surface area (Å²) in [6.07, 6.45) is 12.8. The number of allylic oxidation sites excluding steroid dienone is 2. The van der Waals surface area contributed by atoms with Crippen molar-refractivity contribution in [1.82, 2.24) is 0 Å². The second kappa shape index (κ2) is 12.5. The lowest BCUT2D eigenvalue weighted by Crippen LogP contribution is -2.34. The number of hydrogen-bond donors (Lipinski definition) is 2. The molecule has 4 aromatic carbocycles. The first-order chi connectivity index (χ1) is 31.2. The Morgan fingerprint density at radius 1 is 0.485 bits per heavy atom. The van der Waals surface area contributed by atoms with E-state index < -0.39 is 0 Å². The molecule has 13 rings (SSSR count). The fourth-order valence-electron chi connectivity index (χ4n) is 14.5. The van der Waals surface area contributed by atoms with Gasteiger partial charge in [-0.3, -0.25) is 0 Å². The minimum Gasteiger partial charge on any atom is -0.493 e. The Morgan fingerprint density at radius 3 is 1.48 bits per heavy atom. The number of anilines is 2. The molecule has 336 valence electrons. The number of aliphatic imine (C=N–C) groups is 2. The highest BCUT2D eigenvalue weighted by Gasteiger charge is 2.59. The molecule has 4 unspecified atom stereocenters.